The predicted octanol–water partition coefficient (Wildman–Crippen LogP) is 4.13. The van der Waals surface area contributed by atoms with E-state index in [1.807, 2.05) is 45.0 Å². The molecule has 1 aromatic rings. The Hall–Kier alpha value is -3.10. The van der Waals surface area contributed by atoms with Crippen molar-refractivity contribution in [2.45, 2.75) is 111 Å². The Morgan fingerprint density at radius 2 is 1.78 bits per heavy atom. The minimum Gasteiger partial charge on any atom is -0.444 e. The van der Waals surface area contributed by atoms with Crippen LogP contribution in [0.5, 0.6) is 0 Å². The van der Waals surface area contributed by atoms with Crippen molar-refractivity contribution < 1.29 is 23.9 Å². The number of primary amides is 1. The zero-order chi connectivity index (χ0) is 28.2. The second kappa shape index (κ2) is 15.2. The molecule has 0 bridgehead atoms. The van der Waals surface area contributed by atoms with Gasteiger partial charge in [0.1, 0.15) is 17.7 Å². The van der Waals surface area contributed by atoms with Gasteiger partial charge >= 0.3 is 6.09 Å². The molecule has 4 amide bonds. The summed E-state index contributed by atoms with van der Waals surface area (Å²) >= 11 is 0. The lowest BCUT2D eigenvalue weighted by Gasteiger charge is -2.38. The van der Waals surface area contributed by atoms with Gasteiger partial charge in [-0.2, -0.15) is 0 Å². The minimum atomic E-state index is -1.10. The van der Waals surface area contributed by atoms with Gasteiger partial charge in [-0.3, -0.25) is 14.4 Å². The fourth-order valence-corrected chi connectivity index (χ4v) is 3.93. The van der Waals surface area contributed by atoms with E-state index < -0.39 is 35.6 Å². The van der Waals surface area contributed by atoms with Crippen LogP contribution in [0.4, 0.5) is 4.79 Å². The number of nitrogens with one attached hydrogen (secondary N) is 2. The first-order chi connectivity index (χ1) is 17.3. The first-order valence-electron chi connectivity index (χ1n) is 13.2. The maximum atomic E-state index is 14.1. The van der Waals surface area contributed by atoms with Gasteiger partial charge < -0.3 is 26.0 Å². The number of ether oxygens (including phenoxy) is 1. The van der Waals surface area contributed by atoms with Crippen molar-refractivity contribution in [3.05, 3.63) is 35.4 Å². The molecule has 3 atom stereocenters. The lowest BCUT2D eigenvalue weighted by atomic mass is 9.97. The number of rotatable bonds is 14. The fraction of sp³-hybridized carbons (Fsp3) is 0.643. The highest BCUT2D eigenvalue weighted by Gasteiger charge is 2.38. The van der Waals surface area contributed by atoms with E-state index >= 15 is 0 Å². The molecule has 0 aliphatic carbocycles. The molecule has 0 radical (unpaired) electrons. The van der Waals surface area contributed by atoms with Crippen LogP contribution < -0.4 is 16.4 Å². The normalized spacial score (nSPS) is 13.7. The van der Waals surface area contributed by atoms with Crippen molar-refractivity contribution in [1.29, 1.82) is 0 Å². The van der Waals surface area contributed by atoms with Crippen LogP contribution >= 0.6 is 0 Å². The Balaban J connectivity index is 3.46. The number of carbonyl (C=O) groups is 4. The van der Waals surface area contributed by atoms with Crippen LogP contribution in [0.25, 0.3) is 0 Å². The average Bonchev–Trinajstić information content (AvgIpc) is 2.80. The molecule has 9 heteroatoms. The predicted molar refractivity (Wildman–Crippen MR) is 145 cm³/mol. The van der Waals surface area contributed by atoms with Gasteiger partial charge in [0.2, 0.25) is 17.7 Å². The first kappa shape index (κ1) is 31.9. The third-order valence-electron chi connectivity index (χ3n) is 5.95. The summed E-state index contributed by atoms with van der Waals surface area (Å²) in [5, 5.41) is 5.60. The highest BCUT2D eigenvalue weighted by Crippen LogP contribution is 2.27. The molecule has 9 nitrogen and oxygen atoms in total. The van der Waals surface area contributed by atoms with Crippen LogP contribution in [0.3, 0.4) is 0 Å². The van der Waals surface area contributed by atoms with E-state index in [0.717, 1.165) is 24.8 Å². The van der Waals surface area contributed by atoms with Crippen molar-refractivity contribution in [2.24, 2.45) is 5.73 Å². The number of hydrogen-bond acceptors (Lipinski definition) is 5. The van der Waals surface area contributed by atoms with Gasteiger partial charge in [0.15, 0.2) is 0 Å². The molecule has 3 unspecified atom stereocenters. The third-order valence-corrected chi connectivity index (χ3v) is 5.95. The van der Waals surface area contributed by atoms with E-state index in [-0.39, 0.29) is 24.8 Å². The number of nitrogens with two attached hydrogens (primary N) is 1. The Bertz CT molecular complexity index is 912. The molecule has 37 heavy (non-hydrogen) atoms. The molecule has 4 N–H and O–H groups in total. The Labute approximate surface area is 221 Å². The molecule has 0 saturated carbocycles. The number of amides is 4. The Morgan fingerprint density at radius 3 is 2.32 bits per heavy atom. The van der Waals surface area contributed by atoms with Crippen LogP contribution in [0.15, 0.2) is 24.3 Å². The van der Waals surface area contributed by atoms with Gasteiger partial charge in [0, 0.05) is 19.0 Å². The lowest BCUT2D eigenvalue weighted by Crippen LogP contribution is -2.55. The second-order valence-corrected chi connectivity index (χ2v) is 10.5. The van der Waals surface area contributed by atoms with Crippen LogP contribution in [0.2, 0.25) is 0 Å². The lowest BCUT2D eigenvalue weighted by molar-refractivity contribution is -0.145. The summed E-state index contributed by atoms with van der Waals surface area (Å²) in [6, 6.07) is 5.14. The monoisotopic (exact) mass is 518 g/mol. The van der Waals surface area contributed by atoms with Gasteiger partial charge in [-0.25, -0.2) is 4.79 Å². The molecular weight excluding hydrogens is 472 g/mol. The molecule has 0 fully saturated rings. The van der Waals surface area contributed by atoms with Crippen molar-refractivity contribution in [3.8, 4) is 0 Å². The summed E-state index contributed by atoms with van der Waals surface area (Å²) in [5.74, 6) is -1.36. The summed E-state index contributed by atoms with van der Waals surface area (Å²) in [5.41, 5.74) is 6.21. The van der Waals surface area contributed by atoms with E-state index in [4.69, 9.17) is 10.5 Å². The maximum absolute atomic E-state index is 14.1. The smallest absolute Gasteiger partial charge is 0.408 e. The molecule has 0 aliphatic rings. The number of aryl methyl sites for hydroxylation is 1. The van der Waals surface area contributed by atoms with Crippen LogP contribution in [0.1, 0.15) is 97.2 Å². The van der Waals surface area contributed by atoms with Crippen molar-refractivity contribution in [1.82, 2.24) is 15.5 Å². The summed E-state index contributed by atoms with van der Waals surface area (Å²) in [4.78, 5) is 53.3. The van der Waals surface area contributed by atoms with E-state index in [9.17, 15) is 19.2 Å². The third kappa shape index (κ3) is 11.2. The zero-order valence-corrected chi connectivity index (χ0v) is 23.6. The van der Waals surface area contributed by atoms with Gasteiger partial charge in [0.25, 0.3) is 0 Å². The number of hydrogen-bond donors (Lipinski definition) is 3. The van der Waals surface area contributed by atoms with E-state index in [2.05, 4.69) is 17.6 Å². The molecule has 1 rings (SSSR count). The van der Waals surface area contributed by atoms with Gasteiger partial charge in [-0.1, -0.05) is 56.5 Å². The second-order valence-electron chi connectivity index (χ2n) is 10.5. The van der Waals surface area contributed by atoms with E-state index in [1.165, 1.54) is 4.90 Å². The molecule has 0 spiro atoms. The zero-order valence-electron chi connectivity index (χ0n) is 23.6. The molecule has 208 valence electrons. The summed E-state index contributed by atoms with van der Waals surface area (Å²) in [6.07, 6.45) is 2.51. The molecule has 1 aromatic carbocycles. The SMILES string of the molecule is CCCCCNC(=O)C(c1cccc(C)c1)N(C(=O)C(CCC(N)=O)NC(=O)OC(C)(C)C)C(C)CC. The van der Waals surface area contributed by atoms with E-state index in [0.29, 0.717) is 18.5 Å². The molecular formula is C28H46N4O5. The number of unbranched alkanes of at least 4 members (excludes halogenated alkanes) is 2. The quantitative estimate of drug-likeness (QED) is 0.319. The minimum absolute atomic E-state index is 0.0149. The van der Waals surface area contributed by atoms with E-state index in [1.54, 1.807) is 20.8 Å². The first-order valence-corrected chi connectivity index (χ1v) is 13.2. The van der Waals surface area contributed by atoms with Crippen LogP contribution in [0, 0.1) is 6.92 Å². The van der Waals surface area contributed by atoms with Gasteiger partial charge in [-0.05, 0) is 59.4 Å². The average molecular weight is 519 g/mol. The number of carbonyl (C=O) groups excluding carboxylic acids is 4. The Kier molecular flexibility index (Phi) is 13.1. The fourth-order valence-electron chi connectivity index (χ4n) is 3.93. The molecule has 0 aliphatic heterocycles. The highest BCUT2D eigenvalue weighted by atomic mass is 16.6. The van der Waals surface area contributed by atoms with Crippen molar-refractivity contribution in [2.75, 3.05) is 6.54 Å². The molecule has 0 aromatic heterocycles. The standard InChI is InChI=1S/C28H46N4O5/c1-8-10-11-17-30-25(34)24(21-14-12-13-19(3)18-21)32(20(4)9-2)26(35)22(15-16-23(29)33)31-27(36)37-28(5,6)7/h12-14,18,20,22,24H,8-11,15-17H2,1-7H3,(H2,29,33)(H,30,34)(H,31,36). The topological polar surface area (TPSA) is 131 Å². The summed E-state index contributed by atoms with van der Waals surface area (Å²) in [7, 11) is 0. The van der Waals surface area contributed by atoms with Crippen molar-refractivity contribution >= 4 is 23.8 Å². The van der Waals surface area contributed by atoms with Crippen molar-refractivity contribution in [3.63, 3.8) is 0 Å². The number of benzene rings is 1. The number of alkyl carbamates (subject to hydrolysis) is 1. The largest absolute Gasteiger partial charge is 0.444 e. The van der Waals surface area contributed by atoms with Gasteiger partial charge in [0.05, 0.1) is 0 Å². The molecule has 0 heterocycles. The Morgan fingerprint density at radius 1 is 1.11 bits per heavy atom. The summed E-state index contributed by atoms with van der Waals surface area (Å²) in [6.45, 7) is 13.5. The van der Waals surface area contributed by atoms with Crippen LogP contribution in [-0.2, 0) is 19.1 Å². The van der Waals surface area contributed by atoms with Gasteiger partial charge in [-0.15, -0.1) is 0 Å². The summed E-state index contributed by atoms with van der Waals surface area (Å²) < 4.78 is 5.36. The highest BCUT2D eigenvalue weighted by molar-refractivity contribution is 5.92. The maximum Gasteiger partial charge on any atom is 0.408 e. The van der Waals surface area contributed by atoms with Crippen LogP contribution in [-0.4, -0.2) is 52.9 Å². The number of nitrogens with zero attached hydrogens (tertiary/aromatic N) is 1. The molecule has 0 saturated heterocycles.